The number of ether oxygens (including phenoxy) is 3. The minimum Gasteiger partial charge on any atom is -0.496 e. The molecule has 5 heteroatoms. The van der Waals surface area contributed by atoms with Crippen LogP contribution in [0, 0.1) is 0 Å². The Kier molecular flexibility index (Phi) is 3.03. The highest BCUT2D eigenvalue weighted by Crippen LogP contribution is 2.44. The van der Waals surface area contributed by atoms with Crippen molar-refractivity contribution >= 4 is 17.6 Å². The molecule has 1 aromatic rings. The average Bonchev–Trinajstić information content (AvgIpc) is 3.08. The van der Waals surface area contributed by atoms with Gasteiger partial charge >= 0.3 is 5.97 Å². The fourth-order valence-electron chi connectivity index (χ4n) is 1.57. The van der Waals surface area contributed by atoms with Crippen molar-refractivity contribution in [1.29, 1.82) is 0 Å². The molecule has 1 aliphatic heterocycles. The summed E-state index contributed by atoms with van der Waals surface area (Å²) in [7, 11) is 2.89. The zero-order valence-corrected chi connectivity index (χ0v) is 9.65. The molecular formula is C11H11ClO4. The van der Waals surface area contributed by atoms with Crippen LogP contribution in [0.3, 0.4) is 0 Å². The van der Waals surface area contributed by atoms with Gasteiger partial charge in [0.15, 0.2) is 6.10 Å². The van der Waals surface area contributed by atoms with E-state index in [0.29, 0.717) is 10.8 Å². The van der Waals surface area contributed by atoms with E-state index < -0.39 is 6.10 Å². The first-order chi connectivity index (χ1) is 7.67. The summed E-state index contributed by atoms with van der Waals surface area (Å²) in [6, 6.07) is 5.20. The molecule has 1 aromatic carbocycles. The van der Waals surface area contributed by atoms with Gasteiger partial charge in [-0.05, 0) is 18.2 Å². The molecule has 1 heterocycles. The first-order valence-corrected chi connectivity index (χ1v) is 5.12. The van der Waals surface area contributed by atoms with Crippen LogP contribution in [0.4, 0.5) is 0 Å². The van der Waals surface area contributed by atoms with Gasteiger partial charge in [0.25, 0.3) is 0 Å². The maximum absolute atomic E-state index is 11.2. The smallest absolute Gasteiger partial charge is 0.338 e. The summed E-state index contributed by atoms with van der Waals surface area (Å²) < 4.78 is 15.0. The van der Waals surface area contributed by atoms with E-state index in [9.17, 15) is 4.79 Å². The standard InChI is InChI=1S/C11H11ClO4/c1-14-8-4-3-6(12)5-7(8)9-10(16-9)11(13)15-2/h3-5,9-10H,1-2H3/t9-,10-/m1/s1. The Hall–Kier alpha value is -1.26. The van der Waals surface area contributed by atoms with Crippen molar-refractivity contribution < 1.29 is 19.0 Å². The van der Waals surface area contributed by atoms with E-state index in [1.807, 2.05) is 0 Å². The number of epoxide rings is 1. The molecule has 0 aliphatic carbocycles. The van der Waals surface area contributed by atoms with Gasteiger partial charge < -0.3 is 14.2 Å². The average molecular weight is 243 g/mol. The Morgan fingerprint density at radius 2 is 2.19 bits per heavy atom. The number of hydrogen-bond donors (Lipinski definition) is 0. The van der Waals surface area contributed by atoms with Gasteiger partial charge in [-0.15, -0.1) is 0 Å². The summed E-state index contributed by atoms with van der Waals surface area (Å²) in [5.74, 6) is 0.271. The van der Waals surface area contributed by atoms with Crippen LogP contribution < -0.4 is 4.74 Å². The molecule has 86 valence electrons. The second-order valence-electron chi connectivity index (χ2n) is 3.39. The molecule has 0 N–H and O–H groups in total. The molecule has 1 saturated heterocycles. The molecule has 16 heavy (non-hydrogen) atoms. The quantitative estimate of drug-likeness (QED) is 0.601. The van der Waals surface area contributed by atoms with E-state index >= 15 is 0 Å². The molecule has 1 aliphatic rings. The normalized spacial score (nSPS) is 22.7. The Morgan fingerprint density at radius 1 is 1.44 bits per heavy atom. The fraction of sp³-hybridized carbons (Fsp3) is 0.364. The third-order valence-corrected chi connectivity index (χ3v) is 2.66. The van der Waals surface area contributed by atoms with Crippen molar-refractivity contribution in [3.63, 3.8) is 0 Å². The van der Waals surface area contributed by atoms with Gasteiger partial charge in [0.1, 0.15) is 11.9 Å². The zero-order chi connectivity index (χ0) is 11.7. The fourth-order valence-corrected chi connectivity index (χ4v) is 1.75. The van der Waals surface area contributed by atoms with Crippen LogP contribution in [0.15, 0.2) is 18.2 Å². The number of carbonyl (C=O) groups excluding carboxylic acids is 1. The minimum atomic E-state index is -0.544. The molecule has 4 nitrogen and oxygen atoms in total. The van der Waals surface area contributed by atoms with Gasteiger partial charge in [-0.25, -0.2) is 4.79 Å². The molecule has 0 saturated carbocycles. The monoisotopic (exact) mass is 242 g/mol. The lowest BCUT2D eigenvalue weighted by Crippen LogP contribution is -2.09. The predicted molar refractivity (Wildman–Crippen MR) is 57.6 cm³/mol. The Balaban J connectivity index is 2.22. The summed E-state index contributed by atoms with van der Waals surface area (Å²) in [4.78, 5) is 11.2. The van der Waals surface area contributed by atoms with Crippen LogP contribution >= 0.6 is 11.6 Å². The molecule has 0 spiro atoms. The van der Waals surface area contributed by atoms with E-state index in [-0.39, 0.29) is 12.1 Å². The van der Waals surface area contributed by atoms with E-state index in [0.717, 1.165) is 5.56 Å². The summed E-state index contributed by atoms with van der Waals surface area (Å²) in [5.41, 5.74) is 0.769. The second-order valence-corrected chi connectivity index (χ2v) is 3.82. The number of methoxy groups -OCH3 is 2. The number of rotatable bonds is 3. The van der Waals surface area contributed by atoms with Crippen molar-refractivity contribution in [2.45, 2.75) is 12.2 Å². The van der Waals surface area contributed by atoms with Gasteiger partial charge in [-0.1, -0.05) is 11.6 Å². The largest absolute Gasteiger partial charge is 0.496 e. The van der Waals surface area contributed by atoms with Crippen LogP contribution in [0.1, 0.15) is 11.7 Å². The summed E-state index contributed by atoms with van der Waals surface area (Å²) >= 11 is 5.88. The van der Waals surface area contributed by atoms with Crippen molar-refractivity contribution in [2.24, 2.45) is 0 Å². The highest BCUT2D eigenvalue weighted by atomic mass is 35.5. The van der Waals surface area contributed by atoms with Gasteiger partial charge in [0.05, 0.1) is 14.2 Å². The molecule has 2 atom stereocenters. The maximum Gasteiger partial charge on any atom is 0.338 e. The Bertz CT molecular complexity index is 418. The topological polar surface area (TPSA) is 48.1 Å². The second kappa shape index (κ2) is 4.31. The van der Waals surface area contributed by atoms with Crippen molar-refractivity contribution in [3.05, 3.63) is 28.8 Å². The molecule has 1 fully saturated rings. The summed E-state index contributed by atoms with van der Waals surface area (Å²) in [5, 5.41) is 0.579. The van der Waals surface area contributed by atoms with Crippen molar-refractivity contribution in [1.82, 2.24) is 0 Å². The highest BCUT2D eigenvalue weighted by molar-refractivity contribution is 6.30. The summed E-state index contributed by atoms with van der Waals surface area (Å²) in [6.07, 6.45) is -0.863. The predicted octanol–water partition coefficient (Wildman–Crippen LogP) is 1.96. The van der Waals surface area contributed by atoms with Crippen LogP contribution in [-0.4, -0.2) is 26.3 Å². The first kappa shape index (κ1) is 11.2. The van der Waals surface area contributed by atoms with Crippen LogP contribution in [0.5, 0.6) is 5.75 Å². The number of halogens is 1. The number of carbonyl (C=O) groups is 1. The lowest BCUT2D eigenvalue weighted by molar-refractivity contribution is -0.142. The van der Waals surface area contributed by atoms with Crippen LogP contribution in [-0.2, 0) is 14.3 Å². The minimum absolute atomic E-state index is 0.318. The van der Waals surface area contributed by atoms with E-state index in [4.69, 9.17) is 21.1 Å². The molecule has 0 aromatic heterocycles. The molecule has 0 bridgehead atoms. The molecular weight excluding hydrogens is 232 g/mol. The highest BCUT2D eigenvalue weighted by Gasteiger charge is 2.48. The van der Waals surface area contributed by atoms with Crippen LogP contribution in [0.25, 0.3) is 0 Å². The Morgan fingerprint density at radius 3 is 2.81 bits per heavy atom. The van der Waals surface area contributed by atoms with Gasteiger partial charge in [0.2, 0.25) is 0 Å². The number of benzene rings is 1. The van der Waals surface area contributed by atoms with Gasteiger partial charge in [0, 0.05) is 10.6 Å². The third-order valence-electron chi connectivity index (χ3n) is 2.42. The zero-order valence-electron chi connectivity index (χ0n) is 8.90. The lowest BCUT2D eigenvalue weighted by Gasteiger charge is -2.06. The first-order valence-electron chi connectivity index (χ1n) is 4.74. The van der Waals surface area contributed by atoms with E-state index in [1.54, 1.807) is 25.3 Å². The number of hydrogen-bond acceptors (Lipinski definition) is 4. The summed E-state index contributed by atoms with van der Waals surface area (Å²) in [6.45, 7) is 0. The lowest BCUT2D eigenvalue weighted by atomic mass is 10.1. The van der Waals surface area contributed by atoms with Gasteiger partial charge in [-0.3, -0.25) is 0 Å². The SMILES string of the molecule is COC(=O)[C@@H]1O[C@@H]1c1cc(Cl)ccc1OC. The molecule has 2 rings (SSSR count). The van der Waals surface area contributed by atoms with E-state index in [1.165, 1.54) is 7.11 Å². The molecule has 0 unspecified atom stereocenters. The molecule has 0 amide bonds. The van der Waals surface area contributed by atoms with Crippen molar-refractivity contribution in [3.8, 4) is 5.75 Å². The molecule has 0 radical (unpaired) electrons. The maximum atomic E-state index is 11.2. The van der Waals surface area contributed by atoms with Crippen molar-refractivity contribution in [2.75, 3.05) is 14.2 Å². The third kappa shape index (κ3) is 1.99. The number of esters is 1. The van der Waals surface area contributed by atoms with E-state index in [2.05, 4.69) is 4.74 Å². The Labute approximate surface area is 98.1 Å². The van der Waals surface area contributed by atoms with Crippen LogP contribution in [0.2, 0.25) is 5.02 Å². The van der Waals surface area contributed by atoms with Gasteiger partial charge in [-0.2, -0.15) is 0 Å².